The van der Waals surface area contributed by atoms with Crippen LogP contribution < -0.4 is 0 Å². The van der Waals surface area contributed by atoms with Crippen LogP contribution in [0.3, 0.4) is 0 Å². The van der Waals surface area contributed by atoms with Crippen molar-refractivity contribution in [3.63, 3.8) is 0 Å². The molecule has 1 heteroatoms. The summed E-state index contributed by atoms with van der Waals surface area (Å²) in [4.78, 5) is 12.0. The maximum absolute atomic E-state index is 12.0. The molecule has 1 saturated carbocycles. The summed E-state index contributed by atoms with van der Waals surface area (Å²) < 4.78 is 0. The average Bonchev–Trinajstić information content (AvgIpc) is 2.70. The van der Waals surface area contributed by atoms with Crippen molar-refractivity contribution >= 4 is 5.78 Å². The highest BCUT2D eigenvalue weighted by molar-refractivity contribution is 5.78. The predicted molar refractivity (Wildman–Crippen MR) is 88.0 cm³/mol. The van der Waals surface area contributed by atoms with Crippen molar-refractivity contribution in [1.82, 2.24) is 0 Å². The van der Waals surface area contributed by atoms with Gasteiger partial charge in [-0.05, 0) is 12.3 Å². The van der Waals surface area contributed by atoms with Crippen molar-refractivity contribution in [2.45, 2.75) is 110 Å². The number of hydrogen-bond acceptors (Lipinski definition) is 1. The summed E-state index contributed by atoms with van der Waals surface area (Å²) >= 11 is 0. The molecule has 1 rings (SSSR count). The van der Waals surface area contributed by atoms with Gasteiger partial charge >= 0.3 is 0 Å². The molecular weight excluding hydrogens is 244 g/mol. The van der Waals surface area contributed by atoms with Crippen LogP contribution in [0.5, 0.6) is 0 Å². The highest BCUT2D eigenvalue weighted by atomic mass is 16.1. The van der Waals surface area contributed by atoms with Crippen LogP contribution in [0.4, 0.5) is 0 Å². The van der Waals surface area contributed by atoms with Crippen LogP contribution in [0.15, 0.2) is 0 Å². The molecule has 0 radical (unpaired) electrons. The fourth-order valence-corrected chi connectivity index (χ4v) is 3.45. The minimum Gasteiger partial charge on any atom is -0.300 e. The summed E-state index contributed by atoms with van der Waals surface area (Å²) in [6.45, 7) is 2.26. The Morgan fingerprint density at radius 1 is 0.800 bits per heavy atom. The Kier molecular flexibility index (Phi) is 11.0. The van der Waals surface area contributed by atoms with Crippen LogP contribution in [0.2, 0.25) is 0 Å². The molecule has 0 aromatic carbocycles. The van der Waals surface area contributed by atoms with Gasteiger partial charge in [0.05, 0.1) is 0 Å². The Labute approximate surface area is 126 Å². The molecule has 0 aromatic heterocycles. The maximum atomic E-state index is 12.0. The first-order valence-electron chi connectivity index (χ1n) is 9.34. The zero-order valence-corrected chi connectivity index (χ0v) is 13.8. The third-order valence-corrected chi connectivity index (χ3v) is 4.80. The smallest absolute Gasteiger partial charge is 0.133 e. The van der Waals surface area contributed by atoms with E-state index >= 15 is 0 Å². The monoisotopic (exact) mass is 280 g/mol. The molecule has 0 aromatic rings. The molecular formula is C19H36O. The van der Waals surface area contributed by atoms with E-state index in [0.717, 1.165) is 25.2 Å². The second-order valence-corrected chi connectivity index (χ2v) is 6.83. The standard InChI is InChI=1S/C19H36O/c1-2-3-4-5-6-7-8-13-16-19(20)17-18-14-11-9-10-12-15-18/h18H,2-17H2,1H3. The SMILES string of the molecule is CCCCCCCCCCC(=O)CC1CCCCCC1. The van der Waals surface area contributed by atoms with Crippen LogP contribution in [0, 0.1) is 5.92 Å². The number of rotatable bonds is 11. The van der Waals surface area contributed by atoms with E-state index in [1.54, 1.807) is 0 Å². The zero-order chi connectivity index (χ0) is 14.5. The first-order valence-corrected chi connectivity index (χ1v) is 9.34. The molecule has 1 aliphatic carbocycles. The van der Waals surface area contributed by atoms with E-state index in [9.17, 15) is 4.79 Å². The summed E-state index contributed by atoms with van der Waals surface area (Å²) in [5, 5.41) is 0. The van der Waals surface area contributed by atoms with Gasteiger partial charge in [0, 0.05) is 12.8 Å². The summed E-state index contributed by atoms with van der Waals surface area (Å²) in [5.74, 6) is 1.27. The number of hydrogen-bond donors (Lipinski definition) is 0. The number of unbranched alkanes of at least 4 members (excludes halogenated alkanes) is 7. The molecule has 20 heavy (non-hydrogen) atoms. The minimum atomic E-state index is 0.544. The first-order chi connectivity index (χ1) is 9.83. The fraction of sp³-hybridized carbons (Fsp3) is 0.947. The van der Waals surface area contributed by atoms with Crippen LogP contribution in [-0.2, 0) is 4.79 Å². The molecule has 0 atom stereocenters. The maximum Gasteiger partial charge on any atom is 0.133 e. The lowest BCUT2D eigenvalue weighted by Crippen LogP contribution is -2.07. The molecule has 1 nitrogen and oxygen atoms in total. The number of ketones is 1. The topological polar surface area (TPSA) is 17.1 Å². The molecule has 0 spiro atoms. The Bertz CT molecular complexity index is 226. The lowest BCUT2D eigenvalue weighted by Gasteiger charge is -2.12. The van der Waals surface area contributed by atoms with Crippen molar-refractivity contribution in [2.75, 3.05) is 0 Å². The van der Waals surface area contributed by atoms with Gasteiger partial charge in [-0.25, -0.2) is 0 Å². The molecule has 0 heterocycles. The Hall–Kier alpha value is -0.330. The van der Waals surface area contributed by atoms with E-state index in [2.05, 4.69) is 6.92 Å². The van der Waals surface area contributed by atoms with Gasteiger partial charge in [0.2, 0.25) is 0 Å². The van der Waals surface area contributed by atoms with E-state index in [0.29, 0.717) is 5.78 Å². The fourth-order valence-electron chi connectivity index (χ4n) is 3.45. The second-order valence-electron chi connectivity index (χ2n) is 6.83. The largest absolute Gasteiger partial charge is 0.300 e. The quantitative estimate of drug-likeness (QED) is 0.314. The summed E-state index contributed by atoms with van der Waals surface area (Å²) in [6, 6.07) is 0. The summed E-state index contributed by atoms with van der Waals surface area (Å²) in [5.41, 5.74) is 0. The summed E-state index contributed by atoms with van der Waals surface area (Å²) in [7, 11) is 0. The van der Waals surface area contributed by atoms with Gasteiger partial charge in [0.15, 0.2) is 0 Å². The molecule has 0 aliphatic heterocycles. The molecule has 0 bridgehead atoms. The van der Waals surface area contributed by atoms with E-state index in [4.69, 9.17) is 0 Å². The third kappa shape index (κ3) is 9.55. The molecule has 1 fully saturated rings. The summed E-state index contributed by atoms with van der Waals surface area (Å²) in [6.07, 6.45) is 20.5. The number of carbonyl (C=O) groups excluding carboxylic acids is 1. The van der Waals surface area contributed by atoms with E-state index < -0.39 is 0 Å². The lowest BCUT2D eigenvalue weighted by molar-refractivity contribution is -0.120. The van der Waals surface area contributed by atoms with Crippen LogP contribution in [0.25, 0.3) is 0 Å². The van der Waals surface area contributed by atoms with Crippen molar-refractivity contribution in [3.8, 4) is 0 Å². The van der Waals surface area contributed by atoms with E-state index in [1.165, 1.54) is 83.5 Å². The van der Waals surface area contributed by atoms with E-state index in [1.807, 2.05) is 0 Å². The van der Waals surface area contributed by atoms with E-state index in [-0.39, 0.29) is 0 Å². The first kappa shape index (κ1) is 17.7. The van der Waals surface area contributed by atoms with Crippen LogP contribution >= 0.6 is 0 Å². The normalized spacial score (nSPS) is 17.1. The zero-order valence-electron chi connectivity index (χ0n) is 13.8. The van der Waals surface area contributed by atoms with Gasteiger partial charge < -0.3 is 0 Å². The van der Waals surface area contributed by atoms with Crippen molar-refractivity contribution < 1.29 is 4.79 Å². The highest BCUT2D eigenvalue weighted by Gasteiger charge is 2.15. The number of Topliss-reactive ketones (excluding diaryl/α,β-unsaturated/α-hetero) is 1. The molecule has 118 valence electrons. The van der Waals surface area contributed by atoms with Crippen molar-refractivity contribution in [2.24, 2.45) is 5.92 Å². The Balaban J connectivity index is 1.91. The average molecular weight is 280 g/mol. The van der Waals surface area contributed by atoms with Crippen molar-refractivity contribution in [1.29, 1.82) is 0 Å². The van der Waals surface area contributed by atoms with Crippen LogP contribution in [0.1, 0.15) is 110 Å². The van der Waals surface area contributed by atoms with Gasteiger partial charge in [0.25, 0.3) is 0 Å². The lowest BCUT2D eigenvalue weighted by atomic mass is 9.92. The van der Waals surface area contributed by atoms with Crippen LogP contribution in [-0.4, -0.2) is 5.78 Å². The van der Waals surface area contributed by atoms with Gasteiger partial charge in [-0.15, -0.1) is 0 Å². The van der Waals surface area contributed by atoms with Gasteiger partial charge in [-0.1, -0.05) is 90.4 Å². The second kappa shape index (κ2) is 12.4. The molecule has 0 saturated heterocycles. The Morgan fingerprint density at radius 2 is 1.35 bits per heavy atom. The number of carbonyl (C=O) groups is 1. The van der Waals surface area contributed by atoms with Crippen molar-refractivity contribution in [3.05, 3.63) is 0 Å². The third-order valence-electron chi connectivity index (χ3n) is 4.80. The predicted octanol–water partition coefficient (Wildman–Crippen LogP) is 6.45. The Morgan fingerprint density at radius 3 is 1.95 bits per heavy atom. The molecule has 0 N–H and O–H groups in total. The minimum absolute atomic E-state index is 0.544. The van der Waals surface area contributed by atoms with Gasteiger partial charge in [-0.2, -0.15) is 0 Å². The highest BCUT2D eigenvalue weighted by Crippen LogP contribution is 2.26. The van der Waals surface area contributed by atoms with Gasteiger partial charge in [-0.3, -0.25) is 4.79 Å². The molecule has 0 amide bonds. The molecule has 1 aliphatic rings. The van der Waals surface area contributed by atoms with Gasteiger partial charge in [0.1, 0.15) is 5.78 Å². The molecule has 0 unspecified atom stereocenters.